The first-order valence-electron chi connectivity index (χ1n) is 6.15. The third-order valence-electron chi connectivity index (χ3n) is 2.56. The fourth-order valence-corrected chi connectivity index (χ4v) is 2.55. The molecule has 1 rings (SSSR count). The number of nitrogens with one attached hydrogen (secondary N) is 1. The molecule has 0 bridgehead atoms. The summed E-state index contributed by atoms with van der Waals surface area (Å²) in [4.78, 5) is 12.9. The van der Waals surface area contributed by atoms with Crippen LogP contribution in [0.2, 0.25) is 0 Å². The van der Waals surface area contributed by atoms with Crippen molar-refractivity contribution in [2.75, 3.05) is 0 Å². The highest BCUT2D eigenvalue weighted by Gasteiger charge is 2.08. The van der Waals surface area contributed by atoms with Gasteiger partial charge in [0.25, 0.3) is 0 Å². The lowest BCUT2D eigenvalue weighted by Crippen LogP contribution is -2.33. The number of nitrogens with two attached hydrogens (primary N) is 1. The van der Waals surface area contributed by atoms with Crippen molar-refractivity contribution in [3.63, 3.8) is 0 Å². The molecule has 0 aliphatic heterocycles. The second-order valence-corrected chi connectivity index (χ2v) is 5.65. The smallest absolute Gasteiger partial charge is 0.220 e. The van der Waals surface area contributed by atoms with Crippen LogP contribution in [0.3, 0.4) is 0 Å². The van der Waals surface area contributed by atoms with Crippen LogP contribution in [0.5, 0.6) is 0 Å². The van der Waals surface area contributed by atoms with Gasteiger partial charge in [-0.05, 0) is 38.1 Å². The van der Waals surface area contributed by atoms with Gasteiger partial charge in [-0.2, -0.15) is 0 Å². The molecule has 2 atom stereocenters. The Balaban J connectivity index is 2.17. The summed E-state index contributed by atoms with van der Waals surface area (Å²) in [5.74, 6) is 0.134. The van der Waals surface area contributed by atoms with Crippen molar-refractivity contribution in [3.05, 3.63) is 22.4 Å². The van der Waals surface area contributed by atoms with E-state index in [4.69, 9.17) is 5.73 Å². The van der Waals surface area contributed by atoms with E-state index in [0.29, 0.717) is 6.42 Å². The van der Waals surface area contributed by atoms with Gasteiger partial charge in [-0.1, -0.05) is 6.07 Å². The van der Waals surface area contributed by atoms with E-state index in [1.54, 1.807) is 11.3 Å². The molecule has 1 aromatic rings. The van der Waals surface area contributed by atoms with Gasteiger partial charge in [-0.3, -0.25) is 4.79 Å². The molecule has 0 fully saturated rings. The average Bonchev–Trinajstić information content (AvgIpc) is 2.69. The first-order valence-corrected chi connectivity index (χ1v) is 7.03. The zero-order valence-electron chi connectivity index (χ0n) is 10.6. The minimum Gasteiger partial charge on any atom is -0.353 e. The van der Waals surface area contributed by atoms with Crippen LogP contribution in [0.4, 0.5) is 0 Å². The van der Waals surface area contributed by atoms with Crippen LogP contribution in [-0.2, 0) is 11.2 Å². The fourth-order valence-electron chi connectivity index (χ4n) is 1.71. The quantitative estimate of drug-likeness (QED) is 0.784. The Labute approximate surface area is 107 Å². The Morgan fingerprint density at radius 1 is 1.53 bits per heavy atom. The van der Waals surface area contributed by atoms with E-state index < -0.39 is 0 Å². The first kappa shape index (κ1) is 14.2. The maximum absolute atomic E-state index is 11.6. The van der Waals surface area contributed by atoms with E-state index in [2.05, 4.69) is 16.8 Å². The van der Waals surface area contributed by atoms with Gasteiger partial charge in [0.2, 0.25) is 5.91 Å². The van der Waals surface area contributed by atoms with Crippen molar-refractivity contribution >= 4 is 17.2 Å². The summed E-state index contributed by atoms with van der Waals surface area (Å²) in [6.45, 7) is 4.01. The summed E-state index contributed by atoms with van der Waals surface area (Å²) in [7, 11) is 0. The van der Waals surface area contributed by atoms with Crippen molar-refractivity contribution in [2.45, 2.75) is 51.6 Å². The predicted molar refractivity (Wildman–Crippen MR) is 73.1 cm³/mol. The van der Waals surface area contributed by atoms with Crippen LogP contribution in [0.15, 0.2) is 17.5 Å². The predicted octanol–water partition coefficient (Wildman–Crippen LogP) is 2.31. The summed E-state index contributed by atoms with van der Waals surface area (Å²) in [5, 5.41) is 5.08. The van der Waals surface area contributed by atoms with Gasteiger partial charge in [0, 0.05) is 29.8 Å². The number of carbonyl (C=O) groups is 1. The standard InChI is InChI=1S/C13H22N2OS/c1-10(14)5-3-7-13(16)15-11(2)9-12-6-4-8-17-12/h4,6,8,10-11H,3,5,7,9,14H2,1-2H3,(H,15,16). The van der Waals surface area contributed by atoms with Crippen LogP contribution in [0, 0.1) is 0 Å². The van der Waals surface area contributed by atoms with E-state index in [9.17, 15) is 4.79 Å². The molecule has 0 aliphatic rings. The number of hydrogen-bond acceptors (Lipinski definition) is 3. The molecular weight excluding hydrogens is 232 g/mol. The maximum Gasteiger partial charge on any atom is 0.220 e. The molecule has 17 heavy (non-hydrogen) atoms. The molecule has 96 valence electrons. The SMILES string of the molecule is CC(N)CCCC(=O)NC(C)Cc1cccs1. The highest BCUT2D eigenvalue weighted by atomic mass is 32.1. The number of carbonyl (C=O) groups excluding carboxylic acids is 1. The summed E-state index contributed by atoms with van der Waals surface area (Å²) in [6.07, 6.45) is 3.27. The van der Waals surface area contributed by atoms with Gasteiger partial charge >= 0.3 is 0 Å². The molecule has 0 aliphatic carbocycles. The monoisotopic (exact) mass is 254 g/mol. The molecule has 0 spiro atoms. The highest BCUT2D eigenvalue weighted by Crippen LogP contribution is 2.11. The Hall–Kier alpha value is -0.870. The fraction of sp³-hybridized carbons (Fsp3) is 0.615. The highest BCUT2D eigenvalue weighted by molar-refractivity contribution is 7.09. The zero-order valence-corrected chi connectivity index (χ0v) is 11.4. The van der Waals surface area contributed by atoms with Crippen molar-refractivity contribution in [2.24, 2.45) is 5.73 Å². The first-order chi connectivity index (χ1) is 8.08. The third-order valence-corrected chi connectivity index (χ3v) is 3.46. The van der Waals surface area contributed by atoms with Crippen LogP contribution in [-0.4, -0.2) is 18.0 Å². The molecule has 2 unspecified atom stereocenters. The molecule has 3 N–H and O–H groups in total. The summed E-state index contributed by atoms with van der Waals surface area (Å²) >= 11 is 1.73. The van der Waals surface area contributed by atoms with Gasteiger partial charge < -0.3 is 11.1 Å². The normalized spacial score (nSPS) is 14.3. The van der Waals surface area contributed by atoms with Gasteiger partial charge in [-0.15, -0.1) is 11.3 Å². The molecule has 4 heteroatoms. The van der Waals surface area contributed by atoms with E-state index >= 15 is 0 Å². The number of amides is 1. The van der Waals surface area contributed by atoms with Crippen LogP contribution in [0.1, 0.15) is 38.0 Å². The van der Waals surface area contributed by atoms with Crippen molar-refractivity contribution in [3.8, 4) is 0 Å². The number of rotatable bonds is 7. The molecule has 1 aromatic heterocycles. The molecule has 0 aromatic carbocycles. The maximum atomic E-state index is 11.6. The molecule has 0 radical (unpaired) electrons. The van der Waals surface area contributed by atoms with Crippen LogP contribution in [0.25, 0.3) is 0 Å². The van der Waals surface area contributed by atoms with Crippen LogP contribution >= 0.6 is 11.3 Å². The zero-order chi connectivity index (χ0) is 12.7. The minimum atomic E-state index is 0.134. The second kappa shape index (κ2) is 7.45. The van der Waals surface area contributed by atoms with Crippen molar-refractivity contribution < 1.29 is 4.79 Å². The van der Waals surface area contributed by atoms with Gasteiger partial charge in [0.05, 0.1) is 0 Å². The van der Waals surface area contributed by atoms with Crippen LogP contribution < -0.4 is 11.1 Å². The number of hydrogen-bond donors (Lipinski definition) is 2. The van der Waals surface area contributed by atoms with Gasteiger partial charge in [0.15, 0.2) is 0 Å². The molecule has 3 nitrogen and oxygen atoms in total. The molecule has 1 amide bonds. The van der Waals surface area contributed by atoms with E-state index in [-0.39, 0.29) is 18.0 Å². The van der Waals surface area contributed by atoms with Crippen molar-refractivity contribution in [1.82, 2.24) is 5.32 Å². The molecule has 0 saturated carbocycles. The van der Waals surface area contributed by atoms with E-state index in [0.717, 1.165) is 19.3 Å². The molecule has 1 heterocycles. The Morgan fingerprint density at radius 3 is 2.88 bits per heavy atom. The van der Waals surface area contributed by atoms with E-state index in [1.807, 2.05) is 19.9 Å². The summed E-state index contributed by atoms with van der Waals surface area (Å²) in [5.41, 5.74) is 5.64. The largest absolute Gasteiger partial charge is 0.353 e. The summed E-state index contributed by atoms with van der Waals surface area (Å²) < 4.78 is 0. The van der Waals surface area contributed by atoms with Gasteiger partial charge in [-0.25, -0.2) is 0 Å². The average molecular weight is 254 g/mol. The van der Waals surface area contributed by atoms with Crippen molar-refractivity contribution in [1.29, 1.82) is 0 Å². The lowest BCUT2D eigenvalue weighted by molar-refractivity contribution is -0.121. The minimum absolute atomic E-state index is 0.134. The lowest BCUT2D eigenvalue weighted by atomic mass is 10.1. The lowest BCUT2D eigenvalue weighted by Gasteiger charge is -2.13. The number of thiophene rings is 1. The second-order valence-electron chi connectivity index (χ2n) is 4.62. The summed E-state index contributed by atoms with van der Waals surface area (Å²) in [6, 6.07) is 4.53. The Bertz CT molecular complexity index is 322. The molecular formula is C13H22N2OS. The van der Waals surface area contributed by atoms with E-state index in [1.165, 1.54) is 4.88 Å². The molecule has 0 saturated heterocycles. The third kappa shape index (κ3) is 6.44. The Morgan fingerprint density at radius 2 is 2.29 bits per heavy atom. The van der Waals surface area contributed by atoms with Gasteiger partial charge in [0.1, 0.15) is 0 Å². The topological polar surface area (TPSA) is 55.1 Å². The Kier molecular flexibility index (Phi) is 6.22.